The Balaban J connectivity index is 2.76. The van der Waals surface area contributed by atoms with Gasteiger partial charge in [0.15, 0.2) is 11.5 Å². The minimum atomic E-state index is -0.360. The number of para-hydroxylation sites is 2. The lowest BCUT2D eigenvalue weighted by Gasteiger charge is -2.10. The highest BCUT2D eigenvalue weighted by atomic mass is 16.6. The second kappa shape index (κ2) is 5.20. The van der Waals surface area contributed by atoms with Crippen molar-refractivity contribution in [3.8, 4) is 11.5 Å². The van der Waals surface area contributed by atoms with Crippen molar-refractivity contribution < 1.29 is 14.3 Å². The first-order valence-electron chi connectivity index (χ1n) is 4.64. The third-order valence-electron chi connectivity index (χ3n) is 1.58. The predicted molar refractivity (Wildman–Crippen MR) is 58.1 cm³/mol. The first-order chi connectivity index (χ1) is 7.09. The smallest absolute Gasteiger partial charge is 0.308 e. The van der Waals surface area contributed by atoms with E-state index in [1.165, 1.54) is 6.92 Å². The van der Waals surface area contributed by atoms with Crippen molar-refractivity contribution in [1.29, 1.82) is 0 Å². The Morgan fingerprint density at radius 2 is 1.87 bits per heavy atom. The lowest BCUT2D eigenvalue weighted by molar-refractivity contribution is -0.132. The number of carbonyl (C=O) groups is 1. The largest absolute Gasteiger partial charge is 0.485 e. The van der Waals surface area contributed by atoms with Crippen LogP contribution in [0, 0.1) is 0 Å². The van der Waals surface area contributed by atoms with Crippen LogP contribution in [-0.4, -0.2) is 12.6 Å². The van der Waals surface area contributed by atoms with Gasteiger partial charge < -0.3 is 9.47 Å². The van der Waals surface area contributed by atoms with Crippen molar-refractivity contribution in [3.05, 3.63) is 36.4 Å². The summed E-state index contributed by atoms with van der Waals surface area (Å²) < 4.78 is 10.4. The van der Waals surface area contributed by atoms with Crippen LogP contribution in [0.25, 0.3) is 0 Å². The molecule has 0 heterocycles. The molecule has 1 aromatic rings. The van der Waals surface area contributed by atoms with Crippen LogP contribution in [0.5, 0.6) is 11.5 Å². The summed E-state index contributed by atoms with van der Waals surface area (Å²) in [6, 6.07) is 7.04. The van der Waals surface area contributed by atoms with Crippen molar-refractivity contribution in [2.45, 2.75) is 13.8 Å². The van der Waals surface area contributed by atoms with Crippen molar-refractivity contribution in [1.82, 2.24) is 0 Å². The number of carbonyl (C=O) groups excluding carboxylic acids is 1. The van der Waals surface area contributed by atoms with E-state index in [1.54, 1.807) is 18.2 Å². The molecular formula is C12H14O3. The van der Waals surface area contributed by atoms with Crippen LogP contribution < -0.4 is 9.47 Å². The van der Waals surface area contributed by atoms with Gasteiger partial charge in [0.1, 0.15) is 6.61 Å². The topological polar surface area (TPSA) is 35.5 Å². The molecule has 0 radical (unpaired) electrons. The molecule has 0 aliphatic carbocycles. The van der Waals surface area contributed by atoms with Crippen LogP contribution in [0.3, 0.4) is 0 Å². The molecule has 80 valence electrons. The molecule has 1 rings (SSSR count). The van der Waals surface area contributed by atoms with Crippen LogP contribution in [-0.2, 0) is 4.79 Å². The van der Waals surface area contributed by atoms with Crippen LogP contribution in [0.2, 0.25) is 0 Å². The van der Waals surface area contributed by atoms with Crippen molar-refractivity contribution in [2.75, 3.05) is 6.61 Å². The van der Waals surface area contributed by atoms with E-state index in [0.29, 0.717) is 18.1 Å². The molecular weight excluding hydrogens is 192 g/mol. The summed E-state index contributed by atoms with van der Waals surface area (Å²) in [6.45, 7) is 7.37. The summed E-state index contributed by atoms with van der Waals surface area (Å²) >= 11 is 0. The fourth-order valence-corrected chi connectivity index (χ4v) is 1.01. The molecule has 0 saturated heterocycles. The zero-order valence-corrected chi connectivity index (χ0v) is 8.95. The highest BCUT2D eigenvalue weighted by Gasteiger charge is 2.05. The molecule has 0 atom stereocenters. The quantitative estimate of drug-likeness (QED) is 0.431. The zero-order chi connectivity index (χ0) is 11.3. The van der Waals surface area contributed by atoms with Gasteiger partial charge in [-0.05, 0) is 24.6 Å². The number of hydrogen-bond acceptors (Lipinski definition) is 3. The van der Waals surface area contributed by atoms with E-state index in [9.17, 15) is 4.79 Å². The number of esters is 1. The molecule has 15 heavy (non-hydrogen) atoms. The Morgan fingerprint density at radius 1 is 1.27 bits per heavy atom. The third-order valence-corrected chi connectivity index (χ3v) is 1.58. The molecule has 0 amide bonds. The van der Waals surface area contributed by atoms with Crippen LogP contribution >= 0.6 is 0 Å². The molecule has 0 aromatic heterocycles. The maximum atomic E-state index is 10.8. The molecule has 1 aromatic carbocycles. The van der Waals surface area contributed by atoms with Gasteiger partial charge in [-0.15, -0.1) is 0 Å². The Morgan fingerprint density at radius 3 is 2.40 bits per heavy atom. The molecule has 0 aliphatic heterocycles. The van der Waals surface area contributed by atoms with Crippen molar-refractivity contribution in [2.24, 2.45) is 0 Å². The van der Waals surface area contributed by atoms with Gasteiger partial charge in [-0.2, -0.15) is 0 Å². The predicted octanol–water partition coefficient (Wildman–Crippen LogP) is 2.57. The van der Waals surface area contributed by atoms with E-state index in [0.717, 1.165) is 5.57 Å². The average Bonchev–Trinajstić information content (AvgIpc) is 2.15. The summed E-state index contributed by atoms with van der Waals surface area (Å²) in [7, 11) is 0. The highest BCUT2D eigenvalue weighted by molar-refractivity contribution is 5.70. The first-order valence-corrected chi connectivity index (χ1v) is 4.64. The van der Waals surface area contributed by atoms with Gasteiger partial charge in [-0.1, -0.05) is 18.7 Å². The normalized spacial score (nSPS) is 9.47. The van der Waals surface area contributed by atoms with Gasteiger partial charge in [-0.25, -0.2) is 0 Å². The fraction of sp³-hybridized carbons (Fsp3) is 0.250. The molecule has 0 bridgehead atoms. The van der Waals surface area contributed by atoms with Crippen molar-refractivity contribution >= 4 is 5.97 Å². The summed E-state index contributed by atoms with van der Waals surface area (Å²) in [5.41, 5.74) is 0.910. The molecule has 3 nitrogen and oxygen atoms in total. The maximum Gasteiger partial charge on any atom is 0.308 e. The summed E-state index contributed by atoms with van der Waals surface area (Å²) in [4.78, 5) is 10.8. The van der Waals surface area contributed by atoms with Gasteiger partial charge >= 0.3 is 5.97 Å². The van der Waals surface area contributed by atoms with Gasteiger partial charge in [0, 0.05) is 6.92 Å². The standard InChI is InChI=1S/C12H14O3/c1-9(2)8-14-11-6-4-5-7-12(11)15-10(3)13/h4-7H,1,8H2,2-3H3. The van der Waals surface area contributed by atoms with E-state index in [4.69, 9.17) is 9.47 Å². The van der Waals surface area contributed by atoms with Crippen molar-refractivity contribution in [3.63, 3.8) is 0 Å². The van der Waals surface area contributed by atoms with Gasteiger partial charge in [-0.3, -0.25) is 4.79 Å². The number of ether oxygens (including phenoxy) is 2. The van der Waals surface area contributed by atoms with Crippen LogP contribution in [0.4, 0.5) is 0 Å². The Bertz CT molecular complexity index is 369. The maximum absolute atomic E-state index is 10.8. The van der Waals surface area contributed by atoms with E-state index in [-0.39, 0.29) is 5.97 Å². The molecule has 0 spiro atoms. The van der Waals surface area contributed by atoms with E-state index in [1.807, 2.05) is 13.0 Å². The summed E-state index contributed by atoms with van der Waals surface area (Å²) in [5, 5.41) is 0. The summed E-state index contributed by atoms with van der Waals surface area (Å²) in [5.74, 6) is 0.628. The minimum Gasteiger partial charge on any atom is -0.485 e. The van der Waals surface area contributed by atoms with E-state index >= 15 is 0 Å². The molecule has 0 saturated carbocycles. The SMILES string of the molecule is C=C(C)COc1ccccc1OC(C)=O. The van der Waals surface area contributed by atoms with E-state index < -0.39 is 0 Å². The number of hydrogen-bond donors (Lipinski definition) is 0. The summed E-state index contributed by atoms with van der Waals surface area (Å²) in [6.07, 6.45) is 0. The molecule has 0 aliphatic rings. The molecule has 0 unspecified atom stereocenters. The highest BCUT2D eigenvalue weighted by Crippen LogP contribution is 2.26. The molecule has 3 heteroatoms. The molecule has 0 fully saturated rings. The second-order valence-electron chi connectivity index (χ2n) is 3.29. The number of benzene rings is 1. The average molecular weight is 206 g/mol. The minimum absolute atomic E-state index is 0.360. The second-order valence-corrected chi connectivity index (χ2v) is 3.29. The Hall–Kier alpha value is -1.77. The fourth-order valence-electron chi connectivity index (χ4n) is 1.01. The van der Waals surface area contributed by atoms with Gasteiger partial charge in [0.25, 0.3) is 0 Å². The monoisotopic (exact) mass is 206 g/mol. The van der Waals surface area contributed by atoms with Gasteiger partial charge in [0.05, 0.1) is 0 Å². The van der Waals surface area contributed by atoms with Gasteiger partial charge in [0.2, 0.25) is 0 Å². The lowest BCUT2D eigenvalue weighted by Crippen LogP contribution is -2.05. The zero-order valence-electron chi connectivity index (χ0n) is 8.95. The van der Waals surface area contributed by atoms with Crippen LogP contribution in [0.15, 0.2) is 36.4 Å². The Labute approximate surface area is 89.3 Å². The Kier molecular flexibility index (Phi) is 3.92. The first kappa shape index (κ1) is 11.3. The van der Waals surface area contributed by atoms with E-state index in [2.05, 4.69) is 6.58 Å². The lowest BCUT2D eigenvalue weighted by atomic mass is 10.3. The molecule has 0 N–H and O–H groups in total. The van der Waals surface area contributed by atoms with Crippen LogP contribution in [0.1, 0.15) is 13.8 Å². The third kappa shape index (κ3) is 3.85. The number of rotatable bonds is 4.